The lowest BCUT2D eigenvalue weighted by molar-refractivity contribution is 0.0686. The maximum absolute atomic E-state index is 13.7. The summed E-state index contributed by atoms with van der Waals surface area (Å²) in [5, 5.41) is 9.28. The number of likely N-dealkylation sites (tertiary alicyclic amines) is 1. The van der Waals surface area contributed by atoms with E-state index in [1.54, 1.807) is 26.9 Å². The van der Waals surface area contributed by atoms with Gasteiger partial charge in [0.1, 0.15) is 11.5 Å². The summed E-state index contributed by atoms with van der Waals surface area (Å²) in [6, 6.07) is 11.6. The molecule has 4 heterocycles. The van der Waals surface area contributed by atoms with E-state index in [9.17, 15) is 14.7 Å². The van der Waals surface area contributed by atoms with Crippen molar-refractivity contribution in [3.05, 3.63) is 70.8 Å². The molecule has 1 aromatic carbocycles. The van der Waals surface area contributed by atoms with Gasteiger partial charge in [0, 0.05) is 46.1 Å². The maximum Gasteiger partial charge on any atom is 0.354 e. The number of carboxylic acid groups (broad SMARTS) is 1. The SMILES string of the molecule is CN(C)c1ccc(-n2c(=O)n([C@H]3CCN(Cc4ncc(C(=O)O)n4C)C3)c3ncccc32)cc1. The first kappa shape index (κ1) is 21.9. The van der Waals surface area contributed by atoms with Crippen LogP contribution in [0.2, 0.25) is 0 Å². The molecule has 0 spiro atoms. The fourth-order valence-corrected chi connectivity index (χ4v) is 4.69. The Balaban J connectivity index is 1.46. The van der Waals surface area contributed by atoms with Crippen molar-refractivity contribution >= 4 is 22.8 Å². The lowest BCUT2D eigenvalue weighted by atomic mass is 10.2. The summed E-state index contributed by atoms with van der Waals surface area (Å²) >= 11 is 0. The van der Waals surface area contributed by atoms with Crippen LogP contribution in [-0.2, 0) is 13.6 Å². The molecule has 1 aliphatic rings. The van der Waals surface area contributed by atoms with E-state index < -0.39 is 5.97 Å². The Hall–Kier alpha value is -3.92. The van der Waals surface area contributed by atoms with E-state index in [2.05, 4.69) is 14.9 Å². The number of carbonyl (C=O) groups is 1. The average Bonchev–Trinajstić information content (AvgIpc) is 3.50. The summed E-state index contributed by atoms with van der Waals surface area (Å²) in [6.45, 7) is 1.96. The Morgan fingerprint density at radius 2 is 1.94 bits per heavy atom. The molecular formula is C24H27N7O3. The molecular weight excluding hydrogens is 434 g/mol. The highest BCUT2D eigenvalue weighted by atomic mass is 16.4. The van der Waals surface area contributed by atoms with E-state index in [4.69, 9.17) is 0 Å². The monoisotopic (exact) mass is 461 g/mol. The van der Waals surface area contributed by atoms with Crippen molar-refractivity contribution in [3.8, 4) is 5.69 Å². The van der Waals surface area contributed by atoms with Crippen molar-refractivity contribution in [2.45, 2.75) is 19.0 Å². The molecule has 3 aromatic heterocycles. The minimum atomic E-state index is -0.996. The summed E-state index contributed by atoms with van der Waals surface area (Å²) in [6.07, 6.45) is 3.89. The minimum Gasteiger partial charge on any atom is -0.477 e. The molecule has 0 aliphatic carbocycles. The third-order valence-corrected chi connectivity index (χ3v) is 6.54. The third-order valence-electron chi connectivity index (χ3n) is 6.54. The zero-order valence-corrected chi connectivity index (χ0v) is 19.4. The second-order valence-electron chi connectivity index (χ2n) is 8.85. The lowest BCUT2D eigenvalue weighted by Crippen LogP contribution is -2.29. The number of pyridine rings is 1. The number of fused-ring (bicyclic) bond motifs is 1. The van der Waals surface area contributed by atoms with E-state index in [1.807, 2.05) is 55.4 Å². The van der Waals surface area contributed by atoms with Gasteiger partial charge in [-0.15, -0.1) is 0 Å². The van der Waals surface area contributed by atoms with Crippen LogP contribution >= 0.6 is 0 Å². The number of aromatic nitrogens is 5. The number of nitrogens with zero attached hydrogens (tertiary/aromatic N) is 7. The molecule has 1 atom stereocenters. The molecule has 0 amide bonds. The molecule has 10 heteroatoms. The molecule has 5 rings (SSSR count). The van der Waals surface area contributed by atoms with Gasteiger partial charge in [0.25, 0.3) is 0 Å². The number of rotatable bonds is 6. The van der Waals surface area contributed by atoms with E-state index >= 15 is 0 Å². The van der Waals surface area contributed by atoms with Crippen LogP contribution in [0.1, 0.15) is 28.8 Å². The molecule has 34 heavy (non-hydrogen) atoms. The van der Waals surface area contributed by atoms with Crippen molar-refractivity contribution in [2.24, 2.45) is 7.05 Å². The molecule has 0 radical (unpaired) electrons. The Morgan fingerprint density at radius 1 is 1.18 bits per heavy atom. The molecule has 1 saturated heterocycles. The van der Waals surface area contributed by atoms with Crippen molar-refractivity contribution in [3.63, 3.8) is 0 Å². The lowest BCUT2D eigenvalue weighted by Gasteiger charge is -2.16. The van der Waals surface area contributed by atoms with Crippen molar-refractivity contribution < 1.29 is 9.90 Å². The summed E-state index contributed by atoms with van der Waals surface area (Å²) in [7, 11) is 5.68. The molecule has 1 aliphatic heterocycles. The van der Waals surface area contributed by atoms with E-state index in [1.165, 1.54) is 6.20 Å². The molecule has 1 fully saturated rings. The van der Waals surface area contributed by atoms with E-state index in [0.29, 0.717) is 24.6 Å². The van der Waals surface area contributed by atoms with Crippen LogP contribution in [0, 0.1) is 0 Å². The summed E-state index contributed by atoms with van der Waals surface area (Å²) in [5.41, 5.74) is 3.36. The Labute approximate surface area is 196 Å². The molecule has 1 N–H and O–H groups in total. The largest absolute Gasteiger partial charge is 0.477 e. The predicted molar refractivity (Wildman–Crippen MR) is 129 cm³/mol. The molecule has 0 saturated carbocycles. The summed E-state index contributed by atoms with van der Waals surface area (Å²) < 4.78 is 5.13. The van der Waals surface area contributed by atoms with Crippen molar-refractivity contribution in [2.75, 3.05) is 32.1 Å². The Morgan fingerprint density at radius 3 is 2.62 bits per heavy atom. The van der Waals surface area contributed by atoms with Gasteiger partial charge in [-0.3, -0.25) is 14.0 Å². The van der Waals surface area contributed by atoms with E-state index in [-0.39, 0.29) is 17.4 Å². The Kier molecular flexibility index (Phi) is 5.45. The molecule has 0 bridgehead atoms. The highest BCUT2D eigenvalue weighted by molar-refractivity contribution is 5.85. The van der Waals surface area contributed by atoms with Crippen LogP contribution < -0.4 is 10.6 Å². The number of hydrogen-bond acceptors (Lipinski definition) is 6. The van der Waals surface area contributed by atoms with Gasteiger partial charge in [-0.05, 0) is 42.8 Å². The fourth-order valence-electron chi connectivity index (χ4n) is 4.69. The number of aromatic carboxylic acids is 1. The van der Waals surface area contributed by atoms with Gasteiger partial charge in [-0.2, -0.15) is 0 Å². The second kappa shape index (κ2) is 8.45. The zero-order valence-electron chi connectivity index (χ0n) is 19.4. The van der Waals surface area contributed by atoms with Crippen LogP contribution in [0.15, 0.2) is 53.6 Å². The first-order valence-electron chi connectivity index (χ1n) is 11.2. The van der Waals surface area contributed by atoms with Gasteiger partial charge < -0.3 is 14.6 Å². The summed E-state index contributed by atoms with van der Waals surface area (Å²) in [5.74, 6) is -0.309. The maximum atomic E-state index is 13.7. The molecule has 10 nitrogen and oxygen atoms in total. The first-order chi connectivity index (χ1) is 16.3. The van der Waals surface area contributed by atoms with E-state index in [0.717, 1.165) is 29.9 Å². The normalized spacial score (nSPS) is 16.4. The second-order valence-corrected chi connectivity index (χ2v) is 8.85. The van der Waals surface area contributed by atoms with Gasteiger partial charge in [0.15, 0.2) is 5.65 Å². The Bertz CT molecular complexity index is 1410. The standard InChI is InChI=1S/C24H27N7O3/c1-27(2)16-6-8-17(9-7-16)30-19-5-4-11-25-22(19)31(24(30)34)18-10-12-29(14-18)15-21-26-13-20(23(32)33)28(21)3/h4-9,11,13,18H,10,12,14-15H2,1-3H3,(H,32,33)/t18-/m0/s1. The third kappa shape index (κ3) is 3.65. The van der Waals surface area contributed by atoms with Gasteiger partial charge >= 0.3 is 11.7 Å². The number of anilines is 1. The van der Waals surface area contributed by atoms with Crippen LogP contribution in [0.3, 0.4) is 0 Å². The fraction of sp³-hybridized carbons (Fsp3) is 0.333. The van der Waals surface area contributed by atoms with Gasteiger partial charge in [-0.1, -0.05) is 0 Å². The van der Waals surface area contributed by atoms with Crippen molar-refractivity contribution in [1.82, 2.24) is 28.6 Å². The molecule has 0 unspecified atom stereocenters. The number of imidazole rings is 2. The van der Waals surface area contributed by atoms with Crippen LogP contribution in [0.4, 0.5) is 5.69 Å². The number of benzene rings is 1. The number of hydrogen-bond donors (Lipinski definition) is 1. The van der Waals surface area contributed by atoms with Crippen molar-refractivity contribution in [1.29, 1.82) is 0 Å². The topological polar surface area (TPSA) is 101 Å². The first-order valence-corrected chi connectivity index (χ1v) is 11.2. The highest BCUT2D eigenvalue weighted by Crippen LogP contribution is 2.27. The average molecular weight is 462 g/mol. The van der Waals surface area contributed by atoms with Gasteiger partial charge in [0.2, 0.25) is 0 Å². The van der Waals surface area contributed by atoms with Crippen LogP contribution in [0.5, 0.6) is 0 Å². The predicted octanol–water partition coefficient (Wildman–Crippen LogP) is 2.13. The molecule has 4 aromatic rings. The number of carboxylic acids is 1. The minimum absolute atomic E-state index is 0.0357. The molecule has 176 valence electrons. The summed E-state index contributed by atoms with van der Waals surface area (Å²) in [4.78, 5) is 38.0. The smallest absolute Gasteiger partial charge is 0.354 e. The van der Waals surface area contributed by atoms with Crippen LogP contribution in [0.25, 0.3) is 16.9 Å². The van der Waals surface area contributed by atoms with Gasteiger partial charge in [0.05, 0.1) is 30.0 Å². The zero-order chi connectivity index (χ0) is 24.0. The van der Waals surface area contributed by atoms with Gasteiger partial charge in [-0.25, -0.2) is 19.6 Å². The quantitative estimate of drug-likeness (QED) is 0.469. The highest BCUT2D eigenvalue weighted by Gasteiger charge is 2.29. The van der Waals surface area contributed by atoms with Crippen LogP contribution in [-0.4, -0.2) is 66.8 Å².